The fourth-order valence-corrected chi connectivity index (χ4v) is 4.56. The molecule has 0 spiro atoms. The Bertz CT molecular complexity index is 984. The number of anilines is 1. The van der Waals surface area contributed by atoms with Crippen molar-refractivity contribution in [2.75, 3.05) is 38.5 Å². The first-order valence-corrected chi connectivity index (χ1v) is 11.4. The van der Waals surface area contributed by atoms with Gasteiger partial charge in [-0.2, -0.15) is 4.31 Å². The van der Waals surface area contributed by atoms with Gasteiger partial charge < -0.3 is 15.0 Å². The number of carbonyl (C=O) groups excluding carboxylic acids is 1. The number of nitrogens with zero attached hydrogens (tertiary/aromatic N) is 2. The lowest BCUT2D eigenvalue weighted by Crippen LogP contribution is -2.47. The number of halogens is 1. The van der Waals surface area contributed by atoms with Crippen LogP contribution in [0.5, 0.6) is 5.75 Å². The van der Waals surface area contributed by atoms with Crippen LogP contribution in [0.3, 0.4) is 0 Å². The number of benzene rings is 2. The second kappa shape index (κ2) is 8.93. The Balaban J connectivity index is 1.65. The predicted octanol–water partition coefficient (Wildman–Crippen LogP) is 3.07. The molecule has 30 heavy (non-hydrogen) atoms. The van der Waals surface area contributed by atoms with Crippen LogP contribution >= 0.6 is 11.6 Å². The van der Waals surface area contributed by atoms with Crippen molar-refractivity contribution in [3.05, 3.63) is 53.6 Å². The van der Waals surface area contributed by atoms with Crippen LogP contribution in [0, 0.1) is 0 Å². The van der Waals surface area contributed by atoms with Gasteiger partial charge in [-0.25, -0.2) is 8.42 Å². The average Bonchev–Trinajstić information content (AvgIpc) is 2.70. The van der Waals surface area contributed by atoms with Gasteiger partial charge >= 0.3 is 0 Å². The van der Waals surface area contributed by atoms with E-state index in [1.165, 1.54) is 16.4 Å². The van der Waals surface area contributed by atoms with E-state index in [4.69, 9.17) is 16.3 Å². The van der Waals surface area contributed by atoms with Gasteiger partial charge in [0, 0.05) is 36.9 Å². The highest BCUT2D eigenvalue weighted by atomic mass is 35.5. The molecule has 0 radical (unpaired) electrons. The summed E-state index contributed by atoms with van der Waals surface area (Å²) >= 11 is 5.87. The Kier molecular flexibility index (Phi) is 6.71. The Morgan fingerprint density at radius 2 is 1.57 bits per heavy atom. The normalized spacial score (nSPS) is 16.3. The molecule has 0 aliphatic carbocycles. The smallest absolute Gasteiger partial charge is 0.267 e. The first-order chi connectivity index (χ1) is 14.1. The van der Waals surface area contributed by atoms with E-state index in [1.807, 2.05) is 7.05 Å². The Morgan fingerprint density at radius 3 is 2.13 bits per heavy atom. The van der Waals surface area contributed by atoms with E-state index in [-0.39, 0.29) is 10.8 Å². The quantitative estimate of drug-likeness (QED) is 0.730. The van der Waals surface area contributed by atoms with Crippen molar-refractivity contribution in [3.63, 3.8) is 0 Å². The lowest BCUT2D eigenvalue weighted by atomic mass is 10.1. The molecule has 9 heteroatoms. The maximum Gasteiger partial charge on any atom is 0.267 e. The Labute approximate surface area is 182 Å². The summed E-state index contributed by atoms with van der Waals surface area (Å²) in [5.74, 6) is 0.167. The standard InChI is InChI=1S/C21H26ClN3O4S/c1-21(2,29-18-8-4-16(22)5-9-18)20(26)23-17-6-10-19(11-7-17)30(27,28)25-14-12-24(3)13-15-25/h4-11H,12-15H2,1-3H3,(H,23,26). The number of piperazine rings is 1. The maximum atomic E-state index is 12.8. The molecule has 1 saturated heterocycles. The van der Waals surface area contributed by atoms with E-state index in [0.717, 1.165) is 0 Å². The van der Waals surface area contributed by atoms with Crippen LogP contribution in [0.2, 0.25) is 5.02 Å². The van der Waals surface area contributed by atoms with Crippen LogP contribution < -0.4 is 10.1 Å². The van der Waals surface area contributed by atoms with Crippen molar-refractivity contribution in [1.29, 1.82) is 0 Å². The minimum atomic E-state index is -3.54. The number of likely N-dealkylation sites (N-methyl/N-ethyl adjacent to an activating group) is 1. The lowest BCUT2D eigenvalue weighted by molar-refractivity contribution is -0.128. The first-order valence-electron chi connectivity index (χ1n) is 9.63. The highest BCUT2D eigenvalue weighted by Crippen LogP contribution is 2.23. The molecule has 1 fully saturated rings. The summed E-state index contributed by atoms with van der Waals surface area (Å²) < 4.78 is 32.9. The van der Waals surface area contributed by atoms with E-state index < -0.39 is 15.6 Å². The summed E-state index contributed by atoms with van der Waals surface area (Å²) in [6.45, 7) is 5.65. The summed E-state index contributed by atoms with van der Waals surface area (Å²) in [7, 11) is -1.57. The zero-order valence-electron chi connectivity index (χ0n) is 17.3. The SMILES string of the molecule is CN1CCN(S(=O)(=O)c2ccc(NC(=O)C(C)(C)Oc3ccc(Cl)cc3)cc2)CC1. The topological polar surface area (TPSA) is 79.0 Å². The van der Waals surface area contributed by atoms with E-state index in [9.17, 15) is 13.2 Å². The van der Waals surface area contributed by atoms with E-state index in [1.54, 1.807) is 50.2 Å². The van der Waals surface area contributed by atoms with E-state index in [0.29, 0.717) is 42.6 Å². The van der Waals surface area contributed by atoms with Crippen LogP contribution in [0.25, 0.3) is 0 Å². The second-order valence-electron chi connectivity index (χ2n) is 7.75. The monoisotopic (exact) mass is 451 g/mol. The number of rotatable bonds is 6. The van der Waals surface area contributed by atoms with Gasteiger partial charge in [-0.1, -0.05) is 11.6 Å². The van der Waals surface area contributed by atoms with Crippen LogP contribution in [-0.4, -0.2) is 62.4 Å². The number of carbonyl (C=O) groups is 1. The zero-order chi connectivity index (χ0) is 21.9. The molecule has 1 amide bonds. The molecule has 0 bridgehead atoms. The van der Waals surface area contributed by atoms with Crippen LogP contribution in [0.15, 0.2) is 53.4 Å². The molecule has 0 saturated carbocycles. The summed E-state index contributed by atoms with van der Waals surface area (Å²) in [5.41, 5.74) is -0.650. The maximum absolute atomic E-state index is 12.8. The largest absolute Gasteiger partial charge is 0.478 e. The zero-order valence-corrected chi connectivity index (χ0v) is 18.8. The summed E-state index contributed by atoms with van der Waals surface area (Å²) in [4.78, 5) is 15.0. The fraction of sp³-hybridized carbons (Fsp3) is 0.381. The van der Waals surface area contributed by atoms with Crippen molar-refractivity contribution in [1.82, 2.24) is 9.21 Å². The first kappa shape index (κ1) is 22.6. The number of hydrogen-bond donors (Lipinski definition) is 1. The third kappa shape index (κ3) is 5.31. The van der Waals surface area contributed by atoms with Crippen molar-refractivity contribution >= 4 is 33.2 Å². The number of ether oxygens (including phenoxy) is 1. The second-order valence-corrected chi connectivity index (χ2v) is 10.1. The summed E-state index contributed by atoms with van der Waals surface area (Å²) in [5, 5.41) is 3.35. The van der Waals surface area contributed by atoms with Gasteiger partial charge in [-0.05, 0) is 69.4 Å². The minimum absolute atomic E-state index is 0.210. The fourth-order valence-electron chi connectivity index (χ4n) is 3.01. The van der Waals surface area contributed by atoms with Gasteiger partial charge in [0.1, 0.15) is 5.75 Å². The highest BCUT2D eigenvalue weighted by Gasteiger charge is 2.31. The van der Waals surface area contributed by atoms with Crippen LogP contribution in [0.1, 0.15) is 13.8 Å². The molecule has 162 valence electrons. The van der Waals surface area contributed by atoms with Crippen molar-refractivity contribution in [2.45, 2.75) is 24.3 Å². The van der Waals surface area contributed by atoms with Crippen LogP contribution in [0.4, 0.5) is 5.69 Å². The molecule has 2 aromatic rings. The molecule has 0 aromatic heterocycles. The minimum Gasteiger partial charge on any atom is -0.478 e. The Morgan fingerprint density at radius 1 is 1.00 bits per heavy atom. The van der Waals surface area contributed by atoms with Crippen molar-refractivity contribution in [3.8, 4) is 5.75 Å². The van der Waals surface area contributed by atoms with Gasteiger partial charge in [0.05, 0.1) is 4.90 Å². The number of hydrogen-bond acceptors (Lipinski definition) is 5. The van der Waals surface area contributed by atoms with Crippen molar-refractivity contribution < 1.29 is 17.9 Å². The Hall–Kier alpha value is -2.13. The van der Waals surface area contributed by atoms with Gasteiger partial charge in [0.25, 0.3) is 5.91 Å². The third-order valence-corrected chi connectivity index (χ3v) is 7.11. The number of nitrogens with one attached hydrogen (secondary N) is 1. The molecule has 0 unspecified atom stereocenters. The molecule has 1 N–H and O–H groups in total. The molecular formula is C21H26ClN3O4S. The number of sulfonamides is 1. The average molecular weight is 452 g/mol. The highest BCUT2D eigenvalue weighted by molar-refractivity contribution is 7.89. The summed E-state index contributed by atoms with van der Waals surface area (Å²) in [6, 6.07) is 12.9. The van der Waals surface area contributed by atoms with Gasteiger partial charge in [-0.15, -0.1) is 0 Å². The molecule has 7 nitrogen and oxygen atoms in total. The molecule has 1 heterocycles. The predicted molar refractivity (Wildman–Crippen MR) is 117 cm³/mol. The third-order valence-electron chi connectivity index (χ3n) is 4.95. The molecule has 1 aliphatic rings. The molecule has 1 aliphatic heterocycles. The number of amides is 1. The van der Waals surface area contributed by atoms with Gasteiger partial charge in [0.2, 0.25) is 10.0 Å². The summed E-state index contributed by atoms with van der Waals surface area (Å²) in [6.07, 6.45) is 0. The molecule has 0 atom stereocenters. The molecular weight excluding hydrogens is 426 g/mol. The lowest BCUT2D eigenvalue weighted by Gasteiger charge is -2.31. The van der Waals surface area contributed by atoms with Gasteiger partial charge in [0.15, 0.2) is 5.60 Å². The van der Waals surface area contributed by atoms with Crippen LogP contribution in [-0.2, 0) is 14.8 Å². The van der Waals surface area contributed by atoms with Crippen molar-refractivity contribution in [2.24, 2.45) is 0 Å². The molecule has 2 aromatic carbocycles. The van der Waals surface area contributed by atoms with E-state index in [2.05, 4.69) is 10.2 Å². The van der Waals surface area contributed by atoms with E-state index >= 15 is 0 Å². The molecule has 3 rings (SSSR count). The van der Waals surface area contributed by atoms with Gasteiger partial charge in [-0.3, -0.25) is 4.79 Å².